The van der Waals surface area contributed by atoms with Crippen LogP contribution in [-0.2, 0) is 16.0 Å². The summed E-state index contributed by atoms with van der Waals surface area (Å²) in [4.78, 5) is 28.2. The van der Waals surface area contributed by atoms with Gasteiger partial charge in [0.05, 0.1) is 13.5 Å². The lowest BCUT2D eigenvalue weighted by atomic mass is 10.1. The number of nitrogens with zero attached hydrogens (tertiary/aromatic N) is 2. The number of hydrogen-bond acceptors (Lipinski definition) is 3. The van der Waals surface area contributed by atoms with Crippen molar-refractivity contribution >= 4 is 23.4 Å². The van der Waals surface area contributed by atoms with E-state index in [9.17, 15) is 9.59 Å². The van der Waals surface area contributed by atoms with Crippen molar-refractivity contribution in [1.29, 1.82) is 0 Å². The standard InChI is InChI=1S/C17H21ClN2O3/c1-23-15-5-4-14(18)10-13(15)11-16(21)19-6-8-20(9-7-19)17(22)12-2-3-12/h4-5,10,12H,2-3,6-9,11H2,1H3. The van der Waals surface area contributed by atoms with E-state index in [2.05, 4.69) is 0 Å². The number of carbonyl (C=O) groups is 2. The van der Waals surface area contributed by atoms with Crippen LogP contribution < -0.4 is 4.74 Å². The minimum Gasteiger partial charge on any atom is -0.496 e. The first-order valence-electron chi connectivity index (χ1n) is 7.97. The Morgan fingerprint density at radius 2 is 1.83 bits per heavy atom. The molecule has 6 heteroatoms. The quantitative estimate of drug-likeness (QED) is 0.844. The second-order valence-electron chi connectivity index (χ2n) is 6.11. The Balaban J connectivity index is 1.57. The summed E-state index contributed by atoms with van der Waals surface area (Å²) < 4.78 is 5.29. The Morgan fingerprint density at radius 1 is 1.17 bits per heavy atom. The highest BCUT2D eigenvalue weighted by atomic mass is 35.5. The highest BCUT2D eigenvalue weighted by molar-refractivity contribution is 6.30. The maximum Gasteiger partial charge on any atom is 0.227 e. The molecule has 1 aliphatic heterocycles. The van der Waals surface area contributed by atoms with E-state index in [0.717, 1.165) is 18.4 Å². The van der Waals surface area contributed by atoms with Crippen LogP contribution in [0.15, 0.2) is 18.2 Å². The van der Waals surface area contributed by atoms with E-state index in [4.69, 9.17) is 16.3 Å². The van der Waals surface area contributed by atoms with Crippen LogP contribution in [0.3, 0.4) is 0 Å². The second kappa shape index (κ2) is 6.79. The molecule has 1 saturated heterocycles. The molecule has 0 radical (unpaired) electrons. The van der Waals surface area contributed by atoms with Crippen molar-refractivity contribution in [3.63, 3.8) is 0 Å². The fourth-order valence-corrected chi connectivity index (χ4v) is 3.12. The molecule has 2 fully saturated rings. The van der Waals surface area contributed by atoms with Crippen LogP contribution in [0.25, 0.3) is 0 Å². The van der Waals surface area contributed by atoms with Crippen LogP contribution in [0.2, 0.25) is 5.02 Å². The smallest absolute Gasteiger partial charge is 0.227 e. The normalized spacial score (nSPS) is 18.0. The highest BCUT2D eigenvalue weighted by Gasteiger charge is 2.35. The predicted molar refractivity (Wildman–Crippen MR) is 87.6 cm³/mol. The molecule has 124 valence electrons. The van der Waals surface area contributed by atoms with Crippen molar-refractivity contribution in [3.8, 4) is 5.75 Å². The molecule has 1 aliphatic carbocycles. The number of benzene rings is 1. The summed E-state index contributed by atoms with van der Waals surface area (Å²) in [5.74, 6) is 1.22. The molecule has 0 aromatic heterocycles. The van der Waals surface area contributed by atoms with Crippen LogP contribution in [-0.4, -0.2) is 54.9 Å². The second-order valence-corrected chi connectivity index (χ2v) is 6.55. The van der Waals surface area contributed by atoms with Crippen LogP contribution >= 0.6 is 11.6 Å². The number of amides is 2. The van der Waals surface area contributed by atoms with Gasteiger partial charge in [-0.15, -0.1) is 0 Å². The molecule has 5 nitrogen and oxygen atoms in total. The first kappa shape index (κ1) is 16.1. The highest BCUT2D eigenvalue weighted by Crippen LogP contribution is 2.31. The zero-order valence-corrected chi connectivity index (χ0v) is 14.0. The number of carbonyl (C=O) groups excluding carboxylic acids is 2. The van der Waals surface area contributed by atoms with E-state index in [1.807, 2.05) is 9.80 Å². The SMILES string of the molecule is COc1ccc(Cl)cc1CC(=O)N1CCN(C(=O)C2CC2)CC1. The monoisotopic (exact) mass is 336 g/mol. The molecule has 0 N–H and O–H groups in total. The summed E-state index contributed by atoms with van der Waals surface area (Å²) in [7, 11) is 1.58. The van der Waals surface area contributed by atoms with Crippen LogP contribution in [0, 0.1) is 5.92 Å². The van der Waals surface area contributed by atoms with Crippen molar-refractivity contribution in [2.75, 3.05) is 33.3 Å². The lowest BCUT2D eigenvalue weighted by Crippen LogP contribution is -2.51. The average Bonchev–Trinajstić information content (AvgIpc) is 3.39. The number of ether oxygens (including phenoxy) is 1. The van der Waals surface area contributed by atoms with Gasteiger partial charge in [-0.3, -0.25) is 9.59 Å². The third kappa shape index (κ3) is 3.78. The van der Waals surface area contributed by atoms with Crippen molar-refractivity contribution < 1.29 is 14.3 Å². The third-order valence-electron chi connectivity index (χ3n) is 4.45. The summed E-state index contributed by atoms with van der Waals surface area (Å²) in [6.45, 7) is 2.46. The van der Waals surface area contributed by atoms with Gasteiger partial charge in [-0.05, 0) is 31.0 Å². The van der Waals surface area contributed by atoms with E-state index in [1.54, 1.807) is 25.3 Å². The van der Waals surface area contributed by atoms with Gasteiger partial charge in [-0.2, -0.15) is 0 Å². The molecule has 23 heavy (non-hydrogen) atoms. The first-order chi connectivity index (χ1) is 11.1. The summed E-state index contributed by atoms with van der Waals surface area (Å²) in [5.41, 5.74) is 0.793. The van der Waals surface area contributed by atoms with Gasteiger partial charge in [0.1, 0.15) is 5.75 Å². The number of halogens is 1. The zero-order valence-electron chi connectivity index (χ0n) is 13.3. The molecule has 2 aliphatic rings. The Kier molecular flexibility index (Phi) is 4.76. The Morgan fingerprint density at radius 3 is 2.43 bits per heavy atom. The van der Waals surface area contributed by atoms with Gasteiger partial charge in [-0.25, -0.2) is 0 Å². The van der Waals surface area contributed by atoms with E-state index in [0.29, 0.717) is 37.0 Å². The average molecular weight is 337 g/mol. The summed E-state index contributed by atoms with van der Waals surface area (Å²) in [5, 5.41) is 0.591. The molecule has 3 rings (SSSR count). The van der Waals surface area contributed by atoms with E-state index >= 15 is 0 Å². The van der Waals surface area contributed by atoms with Crippen molar-refractivity contribution in [2.45, 2.75) is 19.3 Å². The molecular formula is C17H21ClN2O3. The summed E-state index contributed by atoms with van der Waals surface area (Å²) in [6.07, 6.45) is 2.30. The van der Waals surface area contributed by atoms with Gasteiger partial charge in [0.15, 0.2) is 0 Å². The number of methoxy groups -OCH3 is 1. The fourth-order valence-electron chi connectivity index (χ4n) is 2.92. The molecule has 1 saturated carbocycles. The molecule has 0 spiro atoms. The minimum atomic E-state index is 0.0455. The van der Waals surface area contributed by atoms with Crippen LogP contribution in [0.1, 0.15) is 18.4 Å². The topological polar surface area (TPSA) is 49.9 Å². The minimum absolute atomic E-state index is 0.0455. The van der Waals surface area contributed by atoms with E-state index in [-0.39, 0.29) is 24.2 Å². The zero-order chi connectivity index (χ0) is 16.4. The van der Waals surface area contributed by atoms with E-state index in [1.165, 1.54) is 0 Å². The van der Waals surface area contributed by atoms with Crippen molar-refractivity contribution in [3.05, 3.63) is 28.8 Å². The molecule has 1 aromatic rings. The van der Waals surface area contributed by atoms with Crippen LogP contribution in [0.4, 0.5) is 0 Å². The van der Waals surface area contributed by atoms with Gasteiger partial charge < -0.3 is 14.5 Å². The Hall–Kier alpha value is -1.75. The number of piperazine rings is 1. The molecule has 0 unspecified atom stereocenters. The number of hydrogen-bond donors (Lipinski definition) is 0. The lowest BCUT2D eigenvalue weighted by molar-refractivity contribution is -0.140. The van der Waals surface area contributed by atoms with Crippen molar-refractivity contribution in [2.24, 2.45) is 5.92 Å². The lowest BCUT2D eigenvalue weighted by Gasteiger charge is -2.35. The molecule has 2 amide bonds. The van der Waals surface area contributed by atoms with Gasteiger partial charge >= 0.3 is 0 Å². The first-order valence-corrected chi connectivity index (χ1v) is 8.35. The van der Waals surface area contributed by atoms with Gasteiger partial charge in [-0.1, -0.05) is 11.6 Å². The maximum absolute atomic E-state index is 12.5. The van der Waals surface area contributed by atoms with Gasteiger partial charge in [0.2, 0.25) is 11.8 Å². The Labute approximate surface area is 141 Å². The van der Waals surface area contributed by atoms with Gasteiger partial charge in [0.25, 0.3) is 0 Å². The largest absolute Gasteiger partial charge is 0.496 e. The molecular weight excluding hydrogens is 316 g/mol. The Bertz CT molecular complexity index is 608. The summed E-state index contributed by atoms with van der Waals surface area (Å²) in [6, 6.07) is 5.29. The molecule has 1 heterocycles. The van der Waals surface area contributed by atoms with E-state index < -0.39 is 0 Å². The van der Waals surface area contributed by atoms with Crippen LogP contribution in [0.5, 0.6) is 5.75 Å². The summed E-state index contributed by atoms with van der Waals surface area (Å²) >= 11 is 6.01. The van der Waals surface area contributed by atoms with Crippen molar-refractivity contribution in [1.82, 2.24) is 9.80 Å². The maximum atomic E-state index is 12.5. The number of rotatable bonds is 4. The van der Waals surface area contributed by atoms with Gasteiger partial charge in [0, 0.05) is 42.7 Å². The molecule has 0 atom stereocenters. The fraction of sp³-hybridized carbons (Fsp3) is 0.529. The predicted octanol–water partition coefficient (Wildman–Crippen LogP) is 1.97. The third-order valence-corrected chi connectivity index (χ3v) is 4.69. The molecule has 0 bridgehead atoms. The molecule has 1 aromatic carbocycles.